The summed E-state index contributed by atoms with van der Waals surface area (Å²) in [5.41, 5.74) is 1.95. The Morgan fingerprint density at radius 3 is 1.16 bits per heavy atom. The molecule has 0 saturated heterocycles. The van der Waals surface area contributed by atoms with Crippen molar-refractivity contribution in [1.29, 1.82) is 0 Å². The Balaban J connectivity index is 0.601. The monoisotopic (exact) mass is 1700 g/mol. The molecule has 2 aromatic carbocycles. The summed E-state index contributed by atoms with van der Waals surface area (Å²) in [5.74, 6) is -7.06. The van der Waals surface area contributed by atoms with Gasteiger partial charge in [0.2, 0.25) is 35.3 Å². The van der Waals surface area contributed by atoms with Crippen LogP contribution < -0.4 is 73.9 Å². The first kappa shape index (κ1) is 89.8. The topological polar surface area (TPSA) is 456 Å². The number of rotatable bonds is 37. The Hall–Kier alpha value is -14.5. The number of carbonyl (C=O) groups excluding carboxylic acids is 13. The van der Waals surface area contributed by atoms with Crippen molar-refractivity contribution in [2.45, 2.75) is 64.5 Å². The summed E-state index contributed by atoms with van der Waals surface area (Å²) in [4.78, 5) is 182. The predicted octanol–water partition coefficient (Wildman–Crippen LogP) is 8.50. The molecule has 8 aromatic heterocycles. The number of ether oxygens (including phenoxy) is 1. The molecule has 0 spiro atoms. The van der Waals surface area contributed by atoms with Crippen LogP contribution in [0.3, 0.4) is 0 Å². The van der Waals surface area contributed by atoms with Crippen molar-refractivity contribution >= 4 is 146 Å². The number of aromatic nitrogens is 10. The van der Waals surface area contributed by atoms with Gasteiger partial charge in [0.1, 0.15) is 39.9 Å². The van der Waals surface area contributed by atoms with Gasteiger partial charge in [0.25, 0.3) is 53.2 Å². The van der Waals surface area contributed by atoms with Crippen LogP contribution in [0.25, 0.3) is 0 Å². The zero-order chi connectivity index (χ0) is 88.6. The average molecular weight is 1710 g/mol. The van der Waals surface area contributed by atoms with Crippen LogP contribution in [0.15, 0.2) is 122 Å². The highest BCUT2D eigenvalue weighted by molar-refractivity contribution is 6.31. The quantitative estimate of drug-likeness (QED) is 0.0162. The van der Waals surface area contributed by atoms with E-state index in [2.05, 4.69) is 79.1 Å². The Morgan fingerprint density at radius 1 is 0.369 bits per heavy atom. The standard InChI is InChI=1S/C80H92ClF3N24O14/c1-12-122-62-23-21-45(29-53(62)71(113)91-46-20-22-55(81)54(30-46)80(82,83)84)88-66(110)18-14-13-17-65(109)85-27-24-68(112)90-48-32-61(104(7)38-48)77(119)98-63-43-108(11)70(96-63)79(121)99-64-44-107(10)69(97-64)78(120)95-52-34-57(102(5)42-52)72(114)86-25-15-19-67(111)89-47-31-58(103(6)37-47)74(116)93-50-35-60(106(9)40-50)76(118)94-51-36-59(105(8)41-51)75(117)92-49-33-56(101(4)39-49)73(115)87-26-16-28-100(2)3/h20-23,29-44H,12-19,24-28H2,1-11H3,(H,85,109)(H,86,114)(H,87,115)(H,88,110)(H,89,111)(H,90,112)(H,91,113)(H,92,117)(H,93,116)(H,94,118)(H,95,120)(H,98,119)(H,99,121). The number of benzene rings is 2. The third-order valence-electron chi connectivity index (χ3n) is 18.7. The Labute approximate surface area is 701 Å². The molecule has 0 saturated carbocycles. The smallest absolute Gasteiger partial charge is 0.417 e. The van der Waals surface area contributed by atoms with Gasteiger partial charge in [-0.1, -0.05) is 11.6 Å². The number of nitrogens with one attached hydrogen (secondary N) is 13. The Bertz CT molecular complexity index is 5670. The second-order valence-electron chi connectivity index (χ2n) is 28.7. The minimum atomic E-state index is -4.77. The Kier molecular flexibility index (Phi) is 29.3. The SMILES string of the molecule is CCOc1ccc(NC(=O)CCCCC(=O)NCCC(=O)Nc2cc(C(=O)Nc3cn(C)c(C(=O)Nc4cn(C)c(C(=O)Nc5cc(C(=O)NCCCC(=O)Nc6cc(C(=O)Nc7cc(C(=O)Nc8cc(C(=O)Nc9cc(C(=O)NCCCN(C)C)n(C)c9)n(C)c8)n(C)c7)n(C)c6)n(C)c5)n4)n3)n(C)c2)cc1C(=O)Nc1ccc(Cl)c(C(F)(F)F)c1. The van der Waals surface area contributed by atoms with Crippen molar-refractivity contribution in [3.63, 3.8) is 0 Å². The number of hydrogen-bond acceptors (Lipinski definition) is 17. The number of imidazole rings is 2. The van der Waals surface area contributed by atoms with E-state index in [-0.39, 0.29) is 149 Å². The lowest BCUT2D eigenvalue weighted by Gasteiger charge is -2.15. The number of hydrogen-bond donors (Lipinski definition) is 13. The van der Waals surface area contributed by atoms with Gasteiger partial charge in [-0.05, 0) is 126 Å². The first-order chi connectivity index (χ1) is 57.9. The molecule has 10 rings (SSSR count). The van der Waals surface area contributed by atoms with E-state index in [1.165, 1.54) is 121 Å². The van der Waals surface area contributed by atoms with Crippen molar-refractivity contribution < 1.29 is 80.2 Å². The second-order valence-corrected chi connectivity index (χ2v) is 29.1. The molecule has 0 aliphatic heterocycles. The molecule has 0 bridgehead atoms. The van der Waals surface area contributed by atoms with Crippen LogP contribution in [0, 0.1) is 0 Å². The number of carbonyl (C=O) groups is 13. The summed E-state index contributed by atoms with van der Waals surface area (Å²) in [5, 5.41) is 34.6. The zero-order valence-corrected chi connectivity index (χ0v) is 69.1. The van der Waals surface area contributed by atoms with Crippen molar-refractivity contribution in [3.05, 3.63) is 184 Å². The number of amides is 13. The normalized spacial score (nSPS) is 11.2. The molecule has 0 fully saturated rings. The lowest BCUT2D eigenvalue weighted by molar-refractivity contribution is -0.137. The maximum atomic E-state index is 13.6. The summed E-state index contributed by atoms with van der Waals surface area (Å²) in [7, 11) is 16.7. The van der Waals surface area contributed by atoms with Gasteiger partial charge in [-0.3, -0.25) is 62.3 Å². The van der Waals surface area contributed by atoms with Gasteiger partial charge in [0, 0.05) is 163 Å². The van der Waals surface area contributed by atoms with Crippen molar-refractivity contribution in [1.82, 2.24) is 67.4 Å². The molecule has 0 radical (unpaired) electrons. The van der Waals surface area contributed by atoms with Gasteiger partial charge in [-0.15, -0.1) is 0 Å². The number of unbranched alkanes of at least 4 members (excludes halogenated alkanes) is 1. The summed E-state index contributed by atoms with van der Waals surface area (Å²) < 4.78 is 57.8. The molecule has 38 nitrogen and oxygen atoms in total. The third kappa shape index (κ3) is 23.9. The minimum absolute atomic E-state index is 0.00266. The van der Waals surface area contributed by atoms with Crippen molar-refractivity contribution in [2.24, 2.45) is 56.4 Å². The molecule has 0 aliphatic rings. The van der Waals surface area contributed by atoms with Crippen LogP contribution in [0.1, 0.15) is 158 Å². The number of nitrogens with zero attached hydrogens (tertiary/aromatic N) is 11. The van der Waals surface area contributed by atoms with Crippen LogP contribution >= 0.6 is 11.6 Å². The highest BCUT2D eigenvalue weighted by Gasteiger charge is 2.34. The molecule has 13 N–H and O–H groups in total. The molecule has 42 heteroatoms. The molecule has 8 heterocycles. The second kappa shape index (κ2) is 39.8. The predicted molar refractivity (Wildman–Crippen MR) is 448 cm³/mol. The maximum Gasteiger partial charge on any atom is 0.417 e. The summed E-state index contributed by atoms with van der Waals surface area (Å²) in [6, 6.07) is 16.1. The molecule has 0 aliphatic carbocycles. The van der Waals surface area contributed by atoms with E-state index >= 15 is 0 Å². The molecule has 13 amide bonds. The van der Waals surface area contributed by atoms with Crippen molar-refractivity contribution in [3.8, 4) is 5.75 Å². The first-order valence-corrected chi connectivity index (χ1v) is 38.5. The van der Waals surface area contributed by atoms with Crippen LogP contribution in [-0.2, 0) is 81.7 Å². The van der Waals surface area contributed by atoms with E-state index in [0.29, 0.717) is 53.9 Å². The van der Waals surface area contributed by atoms with Gasteiger partial charge in [-0.25, -0.2) is 9.97 Å². The lowest BCUT2D eigenvalue weighted by atomic mass is 10.1. The maximum absolute atomic E-state index is 13.6. The van der Waals surface area contributed by atoms with E-state index in [9.17, 15) is 75.5 Å². The van der Waals surface area contributed by atoms with Crippen LogP contribution in [0.2, 0.25) is 5.02 Å². The van der Waals surface area contributed by atoms with Crippen LogP contribution in [0.5, 0.6) is 5.75 Å². The summed E-state index contributed by atoms with van der Waals surface area (Å²) in [6.45, 7) is 3.22. The Morgan fingerprint density at radius 2 is 0.721 bits per heavy atom. The van der Waals surface area contributed by atoms with Crippen molar-refractivity contribution in [2.75, 3.05) is 100 Å². The fourth-order valence-electron chi connectivity index (χ4n) is 12.7. The van der Waals surface area contributed by atoms with E-state index in [1.807, 2.05) is 19.0 Å². The van der Waals surface area contributed by atoms with E-state index < -0.39 is 81.7 Å². The molecule has 0 atom stereocenters. The average Bonchev–Trinajstić information content (AvgIpc) is 1.79. The van der Waals surface area contributed by atoms with Gasteiger partial charge >= 0.3 is 6.18 Å². The lowest BCUT2D eigenvalue weighted by Crippen LogP contribution is -2.28. The number of alkyl halides is 3. The van der Waals surface area contributed by atoms with E-state index in [1.54, 1.807) is 89.2 Å². The number of halogens is 4. The molecular formula is C80H92ClF3N24O14. The van der Waals surface area contributed by atoms with Gasteiger partial charge in [-0.2, -0.15) is 13.2 Å². The zero-order valence-electron chi connectivity index (χ0n) is 68.4. The van der Waals surface area contributed by atoms with Gasteiger partial charge in [0.15, 0.2) is 11.6 Å². The fraction of sp³-hybridized carbons (Fsp3) is 0.312. The molecule has 644 valence electrons. The minimum Gasteiger partial charge on any atom is -0.493 e. The molecule has 122 heavy (non-hydrogen) atoms. The number of aryl methyl sites for hydroxylation is 8. The van der Waals surface area contributed by atoms with Crippen LogP contribution in [0.4, 0.5) is 70.3 Å². The first-order valence-electron chi connectivity index (χ1n) is 38.1. The largest absolute Gasteiger partial charge is 0.493 e. The third-order valence-corrected chi connectivity index (χ3v) is 19.0. The summed E-state index contributed by atoms with van der Waals surface area (Å²) in [6.07, 6.45) is 8.82. The molecule has 10 aromatic rings. The fourth-order valence-corrected chi connectivity index (χ4v) is 12.9. The highest BCUT2D eigenvalue weighted by Crippen LogP contribution is 2.37. The summed E-state index contributed by atoms with van der Waals surface area (Å²) >= 11 is 5.72. The van der Waals surface area contributed by atoms with Crippen LogP contribution in [-0.4, -0.2) is 175 Å². The van der Waals surface area contributed by atoms with E-state index in [4.69, 9.17) is 16.3 Å². The van der Waals surface area contributed by atoms with E-state index in [0.717, 1.165) is 19.0 Å². The van der Waals surface area contributed by atoms with Gasteiger partial charge in [0.05, 0.1) is 56.9 Å². The molecule has 0 unspecified atom stereocenters. The highest BCUT2D eigenvalue weighted by atomic mass is 35.5. The molecular weight excluding hydrogens is 1610 g/mol. The number of anilines is 10. The van der Waals surface area contributed by atoms with Gasteiger partial charge < -0.3 is 115 Å².